The first-order valence-electron chi connectivity index (χ1n) is 5.45. The SMILES string of the molecule is OCc1cccc(COc2ccc(Cl)cc2Cl)c1. The van der Waals surface area contributed by atoms with Crippen LogP contribution < -0.4 is 4.74 Å². The quantitative estimate of drug-likeness (QED) is 0.916. The van der Waals surface area contributed by atoms with E-state index in [1.54, 1.807) is 18.2 Å². The van der Waals surface area contributed by atoms with Crippen LogP contribution in [0.1, 0.15) is 11.1 Å². The zero-order valence-electron chi connectivity index (χ0n) is 9.57. The molecule has 0 aliphatic rings. The molecule has 1 N–H and O–H groups in total. The minimum atomic E-state index is 0.0234. The lowest BCUT2D eigenvalue weighted by Crippen LogP contribution is -1.97. The summed E-state index contributed by atoms with van der Waals surface area (Å²) in [6.07, 6.45) is 0. The molecule has 0 fully saturated rings. The number of hydrogen-bond acceptors (Lipinski definition) is 2. The van der Waals surface area contributed by atoms with E-state index in [2.05, 4.69) is 0 Å². The van der Waals surface area contributed by atoms with Crippen molar-refractivity contribution in [1.82, 2.24) is 0 Å². The average molecular weight is 283 g/mol. The molecule has 94 valence electrons. The van der Waals surface area contributed by atoms with Gasteiger partial charge in [-0.3, -0.25) is 0 Å². The Hall–Kier alpha value is -1.22. The summed E-state index contributed by atoms with van der Waals surface area (Å²) in [5.41, 5.74) is 1.84. The van der Waals surface area contributed by atoms with Gasteiger partial charge >= 0.3 is 0 Å². The van der Waals surface area contributed by atoms with Gasteiger partial charge in [0.2, 0.25) is 0 Å². The predicted molar refractivity (Wildman–Crippen MR) is 73.2 cm³/mol. The summed E-state index contributed by atoms with van der Waals surface area (Å²) >= 11 is 11.8. The number of benzene rings is 2. The van der Waals surface area contributed by atoms with Crippen molar-refractivity contribution in [3.05, 3.63) is 63.6 Å². The van der Waals surface area contributed by atoms with Crippen LogP contribution in [-0.4, -0.2) is 5.11 Å². The largest absolute Gasteiger partial charge is 0.487 e. The standard InChI is InChI=1S/C14H12Cl2O2/c15-12-4-5-14(13(16)7-12)18-9-11-3-1-2-10(6-11)8-17/h1-7,17H,8-9H2. The lowest BCUT2D eigenvalue weighted by molar-refractivity contribution is 0.280. The van der Waals surface area contributed by atoms with Crippen LogP contribution in [-0.2, 0) is 13.2 Å². The van der Waals surface area contributed by atoms with Crippen LogP contribution in [0, 0.1) is 0 Å². The monoisotopic (exact) mass is 282 g/mol. The van der Waals surface area contributed by atoms with Crippen molar-refractivity contribution in [2.45, 2.75) is 13.2 Å². The third-order valence-electron chi connectivity index (χ3n) is 2.46. The molecule has 2 aromatic carbocycles. The number of aliphatic hydroxyl groups is 1. The minimum Gasteiger partial charge on any atom is -0.487 e. The zero-order chi connectivity index (χ0) is 13.0. The van der Waals surface area contributed by atoms with E-state index in [4.69, 9.17) is 33.0 Å². The maximum atomic E-state index is 9.05. The lowest BCUT2D eigenvalue weighted by Gasteiger charge is -2.09. The van der Waals surface area contributed by atoms with Crippen LogP contribution >= 0.6 is 23.2 Å². The van der Waals surface area contributed by atoms with Crippen LogP contribution in [0.3, 0.4) is 0 Å². The Balaban J connectivity index is 2.06. The van der Waals surface area contributed by atoms with Crippen LogP contribution in [0.25, 0.3) is 0 Å². The Labute approximate surface area is 116 Å². The van der Waals surface area contributed by atoms with Gasteiger partial charge in [-0.2, -0.15) is 0 Å². The Morgan fingerprint density at radius 2 is 1.78 bits per heavy atom. The van der Waals surface area contributed by atoms with Gasteiger partial charge in [-0.1, -0.05) is 47.5 Å². The summed E-state index contributed by atoms with van der Waals surface area (Å²) in [4.78, 5) is 0. The Kier molecular flexibility index (Phi) is 4.48. The molecule has 0 aromatic heterocycles. The van der Waals surface area contributed by atoms with Crippen molar-refractivity contribution >= 4 is 23.2 Å². The summed E-state index contributed by atoms with van der Waals surface area (Å²) in [6, 6.07) is 12.7. The highest BCUT2D eigenvalue weighted by molar-refractivity contribution is 6.35. The van der Waals surface area contributed by atoms with Crippen molar-refractivity contribution < 1.29 is 9.84 Å². The first-order valence-corrected chi connectivity index (χ1v) is 6.21. The molecule has 0 saturated carbocycles. The second kappa shape index (κ2) is 6.10. The molecule has 0 atom stereocenters. The Bertz CT molecular complexity index is 541. The molecule has 18 heavy (non-hydrogen) atoms. The van der Waals surface area contributed by atoms with Crippen molar-refractivity contribution in [2.75, 3.05) is 0 Å². The minimum absolute atomic E-state index is 0.0234. The summed E-state index contributed by atoms with van der Waals surface area (Å²) in [5.74, 6) is 0.593. The van der Waals surface area contributed by atoms with E-state index in [9.17, 15) is 0 Å². The fourth-order valence-electron chi connectivity index (χ4n) is 1.57. The average Bonchev–Trinajstić information content (AvgIpc) is 2.38. The lowest BCUT2D eigenvalue weighted by atomic mass is 10.1. The molecule has 0 spiro atoms. The second-order valence-corrected chi connectivity index (χ2v) is 4.69. The number of rotatable bonds is 4. The number of ether oxygens (including phenoxy) is 1. The van der Waals surface area contributed by atoms with Crippen LogP contribution in [0.2, 0.25) is 10.0 Å². The summed E-state index contributed by atoms with van der Waals surface area (Å²) in [5, 5.41) is 10.1. The molecule has 0 radical (unpaired) electrons. The van der Waals surface area contributed by atoms with E-state index < -0.39 is 0 Å². The van der Waals surface area contributed by atoms with Gasteiger partial charge in [0.05, 0.1) is 11.6 Å². The topological polar surface area (TPSA) is 29.5 Å². The van der Waals surface area contributed by atoms with Gasteiger partial charge in [0, 0.05) is 5.02 Å². The molecule has 0 unspecified atom stereocenters. The van der Waals surface area contributed by atoms with Gasteiger partial charge in [0.15, 0.2) is 0 Å². The fraction of sp³-hybridized carbons (Fsp3) is 0.143. The molecule has 0 aliphatic carbocycles. The maximum Gasteiger partial charge on any atom is 0.138 e. The number of halogens is 2. The fourth-order valence-corrected chi connectivity index (χ4v) is 2.03. The highest BCUT2D eigenvalue weighted by Gasteiger charge is 2.03. The van der Waals surface area contributed by atoms with Crippen LogP contribution in [0.4, 0.5) is 0 Å². The highest BCUT2D eigenvalue weighted by atomic mass is 35.5. The Morgan fingerprint density at radius 1 is 1.00 bits per heavy atom. The van der Waals surface area contributed by atoms with Crippen molar-refractivity contribution in [3.63, 3.8) is 0 Å². The summed E-state index contributed by atoms with van der Waals surface area (Å²) in [7, 11) is 0. The van der Waals surface area contributed by atoms with Gasteiger partial charge in [-0.15, -0.1) is 0 Å². The molecule has 2 aromatic rings. The molecule has 0 aliphatic heterocycles. The van der Waals surface area contributed by atoms with E-state index in [0.29, 0.717) is 22.4 Å². The van der Waals surface area contributed by atoms with E-state index >= 15 is 0 Å². The van der Waals surface area contributed by atoms with Gasteiger partial charge < -0.3 is 9.84 Å². The molecule has 4 heteroatoms. The third kappa shape index (κ3) is 3.39. The van der Waals surface area contributed by atoms with E-state index in [1.807, 2.05) is 24.3 Å². The van der Waals surface area contributed by atoms with Gasteiger partial charge in [0.25, 0.3) is 0 Å². The number of aliphatic hydroxyl groups excluding tert-OH is 1. The normalized spacial score (nSPS) is 10.4. The third-order valence-corrected chi connectivity index (χ3v) is 2.99. The molecule has 0 amide bonds. The van der Waals surface area contributed by atoms with E-state index in [0.717, 1.165) is 11.1 Å². The predicted octanol–water partition coefficient (Wildman–Crippen LogP) is 4.06. The molecule has 0 saturated heterocycles. The van der Waals surface area contributed by atoms with Crippen LogP contribution in [0.5, 0.6) is 5.75 Å². The van der Waals surface area contributed by atoms with Crippen LogP contribution in [0.15, 0.2) is 42.5 Å². The van der Waals surface area contributed by atoms with Gasteiger partial charge in [0.1, 0.15) is 12.4 Å². The van der Waals surface area contributed by atoms with E-state index in [-0.39, 0.29) is 6.61 Å². The molecular weight excluding hydrogens is 271 g/mol. The first kappa shape index (κ1) is 13.2. The van der Waals surface area contributed by atoms with E-state index in [1.165, 1.54) is 0 Å². The van der Waals surface area contributed by atoms with Crippen molar-refractivity contribution in [1.29, 1.82) is 0 Å². The smallest absolute Gasteiger partial charge is 0.138 e. The molecule has 0 heterocycles. The maximum absolute atomic E-state index is 9.05. The van der Waals surface area contributed by atoms with Crippen molar-refractivity contribution in [3.8, 4) is 5.75 Å². The molecule has 0 bridgehead atoms. The molecular formula is C14H12Cl2O2. The van der Waals surface area contributed by atoms with Crippen molar-refractivity contribution in [2.24, 2.45) is 0 Å². The second-order valence-electron chi connectivity index (χ2n) is 3.84. The van der Waals surface area contributed by atoms with Gasteiger partial charge in [-0.25, -0.2) is 0 Å². The highest BCUT2D eigenvalue weighted by Crippen LogP contribution is 2.28. The molecule has 2 rings (SSSR count). The first-order chi connectivity index (χ1) is 8.69. The zero-order valence-corrected chi connectivity index (χ0v) is 11.1. The van der Waals surface area contributed by atoms with Gasteiger partial charge in [-0.05, 0) is 29.3 Å². The molecule has 2 nitrogen and oxygen atoms in total. The summed E-state index contributed by atoms with van der Waals surface area (Å²) < 4.78 is 5.61. The number of hydrogen-bond donors (Lipinski definition) is 1. The Morgan fingerprint density at radius 3 is 2.50 bits per heavy atom. The summed E-state index contributed by atoms with van der Waals surface area (Å²) in [6.45, 7) is 0.421.